The van der Waals surface area contributed by atoms with E-state index in [4.69, 9.17) is 16.3 Å². The molecule has 1 aliphatic rings. The third-order valence-electron chi connectivity index (χ3n) is 4.21. The maximum absolute atomic E-state index is 12.8. The van der Waals surface area contributed by atoms with E-state index in [0.717, 1.165) is 18.4 Å². The number of hydrogen-bond donors (Lipinski definition) is 2. The summed E-state index contributed by atoms with van der Waals surface area (Å²) in [6.45, 7) is -0.0628. The fourth-order valence-electron chi connectivity index (χ4n) is 3.05. The van der Waals surface area contributed by atoms with Crippen LogP contribution in [0.15, 0.2) is 24.3 Å². The molecule has 6 heteroatoms. The molecule has 0 aliphatic heterocycles. The molecule has 0 saturated heterocycles. The lowest BCUT2D eigenvalue weighted by Gasteiger charge is -2.30. The van der Waals surface area contributed by atoms with Crippen LogP contribution in [0.5, 0.6) is 0 Å². The van der Waals surface area contributed by atoms with Crippen molar-refractivity contribution in [2.45, 2.75) is 37.1 Å². The van der Waals surface area contributed by atoms with Gasteiger partial charge in [0.1, 0.15) is 0 Å². The minimum atomic E-state index is -1.10. The molecule has 0 heterocycles. The first-order valence-electron chi connectivity index (χ1n) is 7.28. The van der Waals surface area contributed by atoms with E-state index >= 15 is 0 Å². The predicted molar refractivity (Wildman–Crippen MR) is 83.0 cm³/mol. The molecule has 2 N–H and O–H groups in total. The third-order valence-corrected chi connectivity index (χ3v) is 4.44. The van der Waals surface area contributed by atoms with Gasteiger partial charge in [0.2, 0.25) is 5.91 Å². The van der Waals surface area contributed by atoms with Crippen LogP contribution in [0.3, 0.4) is 0 Å². The van der Waals surface area contributed by atoms with E-state index in [2.05, 4.69) is 5.32 Å². The average Bonchev–Trinajstić information content (AvgIpc) is 2.97. The molecular formula is C16H20ClNO4. The van der Waals surface area contributed by atoms with Crippen LogP contribution >= 0.6 is 11.6 Å². The van der Waals surface area contributed by atoms with E-state index in [1.54, 1.807) is 12.1 Å². The second kappa shape index (κ2) is 7.11. The van der Waals surface area contributed by atoms with Crippen molar-refractivity contribution in [2.75, 3.05) is 13.7 Å². The summed E-state index contributed by atoms with van der Waals surface area (Å²) >= 11 is 6.05. The van der Waals surface area contributed by atoms with Gasteiger partial charge in [-0.1, -0.05) is 36.6 Å². The first kappa shape index (κ1) is 16.8. The zero-order valence-electron chi connectivity index (χ0n) is 12.5. The van der Waals surface area contributed by atoms with Gasteiger partial charge in [0.15, 0.2) is 6.04 Å². The lowest BCUT2D eigenvalue weighted by Crippen LogP contribution is -2.51. The highest BCUT2D eigenvalue weighted by molar-refractivity contribution is 6.30. The van der Waals surface area contributed by atoms with Gasteiger partial charge in [0.05, 0.1) is 12.0 Å². The molecule has 0 spiro atoms. The number of benzene rings is 1. The molecule has 1 unspecified atom stereocenters. The summed E-state index contributed by atoms with van der Waals surface area (Å²) in [6.07, 6.45) is 3.25. The molecule has 1 amide bonds. The van der Waals surface area contributed by atoms with Crippen LogP contribution in [0, 0.1) is 0 Å². The van der Waals surface area contributed by atoms with Crippen molar-refractivity contribution < 1.29 is 19.4 Å². The molecule has 0 bridgehead atoms. The van der Waals surface area contributed by atoms with E-state index in [9.17, 15) is 14.7 Å². The quantitative estimate of drug-likeness (QED) is 0.842. The Morgan fingerprint density at radius 1 is 1.41 bits per heavy atom. The first-order chi connectivity index (χ1) is 10.5. The topological polar surface area (TPSA) is 75.6 Å². The van der Waals surface area contributed by atoms with Crippen LogP contribution in [-0.2, 0) is 19.7 Å². The number of carboxylic acids is 1. The molecule has 0 radical (unpaired) electrons. The van der Waals surface area contributed by atoms with Gasteiger partial charge >= 0.3 is 5.97 Å². The van der Waals surface area contributed by atoms with Crippen LogP contribution < -0.4 is 5.32 Å². The standard InChI is InChI=1S/C16H20ClNO4/c1-22-10-13(14(19)20)18-15(21)16(7-2-3-8-16)11-5-4-6-12(17)9-11/h4-6,9,13H,2-3,7-8,10H2,1H3,(H,18,21)(H,19,20). The Kier molecular flexibility index (Phi) is 5.42. The Hall–Kier alpha value is -1.59. The molecule has 2 rings (SSSR count). The van der Waals surface area contributed by atoms with Crippen molar-refractivity contribution >= 4 is 23.5 Å². The summed E-state index contributed by atoms with van der Waals surface area (Å²) in [4.78, 5) is 24.0. The van der Waals surface area contributed by atoms with Crippen LogP contribution in [0.2, 0.25) is 5.02 Å². The van der Waals surface area contributed by atoms with Gasteiger partial charge in [-0.05, 0) is 30.5 Å². The van der Waals surface area contributed by atoms with Crippen molar-refractivity contribution in [2.24, 2.45) is 0 Å². The minimum Gasteiger partial charge on any atom is -0.480 e. The summed E-state index contributed by atoms with van der Waals surface area (Å²) in [5, 5.41) is 12.4. The number of rotatable bonds is 6. The summed E-state index contributed by atoms with van der Waals surface area (Å²) in [6, 6.07) is 6.20. The molecule has 1 aromatic carbocycles. The summed E-state index contributed by atoms with van der Waals surface area (Å²) in [5.41, 5.74) is 0.142. The Morgan fingerprint density at radius 3 is 2.64 bits per heavy atom. The number of nitrogens with one attached hydrogen (secondary N) is 1. The number of ether oxygens (including phenoxy) is 1. The Bertz CT molecular complexity index is 555. The second-order valence-electron chi connectivity index (χ2n) is 5.62. The molecule has 22 heavy (non-hydrogen) atoms. The SMILES string of the molecule is COCC(NC(=O)C1(c2cccc(Cl)c2)CCCC1)C(=O)O. The van der Waals surface area contributed by atoms with Gasteiger partial charge in [-0.15, -0.1) is 0 Å². The molecule has 1 aromatic rings. The largest absolute Gasteiger partial charge is 0.480 e. The predicted octanol–water partition coefficient (Wildman–Crippen LogP) is 2.37. The fourth-order valence-corrected chi connectivity index (χ4v) is 3.24. The number of carbonyl (C=O) groups is 2. The number of aliphatic carboxylic acids is 1. The highest BCUT2D eigenvalue weighted by Crippen LogP contribution is 2.42. The van der Waals surface area contributed by atoms with Crippen LogP contribution in [0.25, 0.3) is 0 Å². The number of hydrogen-bond acceptors (Lipinski definition) is 3. The minimum absolute atomic E-state index is 0.0628. The van der Waals surface area contributed by atoms with Gasteiger partial charge in [-0.3, -0.25) is 4.79 Å². The summed E-state index contributed by atoms with van der Waals surface area (Å²) in [7, 11) is 1.41. The fraction of sp³-hybridized carbons (Fsp3) is 0.500. The van der Waals surface area contributed by atoms with Crippen LogP contribution in [0.1, 0.15) is 31.2 Å². The van der Waals surface area contributed by atoms with E-state index in [-0.39, 0.29) is 12.5 Å². The highest BCUT2D eigenvalue weighted by Gasteiger charge is 2.43. The normalized spacial score (nSPS) is 17.9. The molecule has 0 aromatic heterocycles. The van der Waals surface area contributed by atoms with E-state index < -0.39 is 17.4 Å². The van der Waals surface area contributed by atoms with Gasteiger partial charge in [0, 0.05) is 12.1 Å². The summed E-state index contributed by atoms with van der Waals surface area (Å²) in [5.74, 6) is -1.37. The number of carboxylic acid groups (broad SMARTS) is 1. The molecule has 1 fully saturated rings. The molecule has 1 aliphatic carbocycles. The van der Waals surface area contributed by atoms with Crippen LogP contribution in [-0.4, -0.2) is 36.7 Å². The number of halogens is 1. The van der Waals surface area contributed by atoms with Crippen molar-refractivity contribution in [1.82, 2.24) is 5.32 Å². The number of carbonyl (C=O) groups excluding carboxylic acids is 1. The van der Waals surface area contributed by atoms with Crippen molar-refractivity contribution in [1.29, 1.82) is 0 Å². The monoisotopic (exact) mass is 325 g/mol. The van der Waals surface area contributed by atoms with Gasteiger partial charge in [-0.25, -0.2) is 4.79 Å². The second-order valence-corrected chi connectivity index (χ2v) is 6.06. The molecule has 5 nitrogen and oxygen atoms in total. The van der Waals surface area contributed by atoms with E-state index in [0.29, 0.717) is 17.9 Å². The Labute approximate surface area is 134 Å². The Balaban J connectivity index is 2.27. The molecule has 1 atom stereocenters. The van der Waals surface area contributed by atoms with Crippen molar-refractivity contribution in [3.63, 3.8) is 0 Å². The maximum atomic E-state index is 12.8. The maximum Gasteiger partial charge on any atom is 0.328 e. The first-order valence-corrected chi connectivity index (χ1v) is 7.66. The zero-order valence-corrected chi connectivity index (χ0v) is 13.2. The van der Waals surface area contributed by atoms with E-state index in [1.807, 2.05) is 12.1 Å². The van der Waals surface area contributed by atoms with Crippen molar-refractivity contribution in [3.8, 4) is 0 Å². The number of methoxy groups -OCH3 is 1. The summed E-state index contributed by atoms with van der Waals surface area (Å²) < 4.78 is 4.87. The highest BCUT2D eigenvalue weighted by atomic mass is 35.5. The van der Waals surface area contributed by atoms with Crippen LogP contribution in [0.4, 0.5) is 0 Å². The van der Waals surface area contributed by atoms with Gasteiger partial charge in [-0.2, -0.15) is 0 Å². The van der Waals surface area contributed by atoms with Crippen molar-refractivity contribution in [3.05, 3.63) is 34.9 Å². The lowest BCUT2D eigenvalue weighted by atomic mass is 9.78. The number of amides is 1. The Morgan fingerprint density at radius 2 is 2.09 bits per heavy atom. The van der Waals surface area contributed by atoms with E-state index in [1.165, 1.54) is 7.11 Å². The zero-order chi connectivity index (χ0) is 16.2. The third kappa shape index (κ3) is 3.42. The van der Waals surface area contributed by atoms with Gasteiger partial charge < -0.3 is 15.2 Å². The smallest absolute Gasteiger partial charge is 0.328 e. The molecule has 120 valence electrons. The average molecular weight is 326 g/mol. The molecule has 1 saturated carbocycles. The molecular weight excluding hydrogens is 306 g/mol. The lowest BCUT2D eigenvalue weighted by molar-refractivity contribution is -0.144. The van der Waals surface area contributed by atoms with Gasteiger partial charge in [0.25, 0.3) is 0 Å².